The van der Waals surface area contributed by atoms with Crippen LogP contribution >= 0.6 is 0 Å². The molecule has 1 amide bonds. The Labute approximate surface area is 137 Å². The van der Waals surface area contributed by atoms with E-state index in [0.717, 1.165) is 16.9 Å². The highest BCUT2D eigenvalue weighted by Gasteiger charge is 2.10. The Kier molecular flexibility index (Phi) is 5.63. The van der Waals surface area contributed by atoms with Gasteiger partial charge in [0.15, 0.2) is 0 Å². The molecule has 0 spiro atoms. The molecule has 1 N–H and O–H groups in total. The van der Waals surface area contributed by atoms with Gasteiger partial charge in [-0.1, -0.05) is 24.3 Å². The number of ether oxygens (including phenoxy) is 2. The summed E-state index contributed by atoms with van der Waals surface area (Å²) in [6, 6.07) is 13.2. The van der Waals surface area contributed by atoms with Crippen LogP contribution in [0.15, 0.2) is 42.5 Å². The quantitative estimate of drug-likeness (QED) is 0.877. The van der Waals surface area contributed by atoms with Crippen molar-refractivity contribution in [2.45, 2.75) is 33.3 Å². The summed E-state index contributed by atoms with van der Waals surface area (Å²) in [6.07, 6.45) is 0.359. The first-order valence-electron chi connectivity index (χ1n) is 7.68. The molecule has 2 aromatic rings. The maximum absolute atomic E-state index is 12.3. The second kappa shape index (κ2) is 7.68. The Morgan fingerprint density at radius 3 is 2.52 bits per heavy atom. The number of methoxy groups -OCH3 is 1. The number of amides is 1. The Hall–Kier alpha value is -2.49. The summed E-state index contributed by atoms with van der Waals surface area (Å²) in [5.41, 5.74) is 2.65. The van der Waals surface area contributed by atoms with Crippen molar-refractivity contribution >= 4 is 11.6 Å². The number of hydrogen-bond donors (Lipinski definition) is 1. The fraction of sp³-hybridized carbons (Fsp3) is 0.316. The molecule has 2 rings (SSSR count). The van der Waals surface area contributed by atoms with Crippen molar-refractivity contribution in [3.8, 4) is 11.5 Å². The van der Waals surface area contributed by atoms with Crippen LogP contribution in [-0.2, 0) is 11.2 Å². The predicted octanol–water partition coefficient (Wildman–Crippen LogP) is 3.97. The molecule has 0 fully saturated rings. The normalized spacial score (nSPS) is 10.5. The van der Waals surface area contributed by atoms with E-state index in [1.54, 1.807) is 7.11 Å². The summed E-state index contributed by atoms with van der Waals surface area (Å²) in [6.45, 7) is 5.88. The maximum atomic E-state index is 12.3. The van der Waals surface area contributed by atoms with Crippen molar-refractivity contribution in [3.63, 3.8) is 0 Å². The molecular weight excluding hydrogens is 290 g/mol. The lowest BCUT2D eigenvalue weighted by molar-refractivity contribution is -0.115. The molecule has 0 aromatic heterocycles. The molecule has 0 radical (unpaired) electrons. The molecule has 0 bridgehead atoms. The first-order valence-corrected chi connectivity index (χ1v) is 7.68. The summed E-state index contributed by atoms with van der Waals surface area (Å²) < 4.78 is 11.0. The van der Waals surface area contributed by atoms with Crippen molar-refractivity contribution in [1.82, 2.24) is 0 Å². The van der Waals surface area contributed by atoms with E-state index < -0.39 is 0 Å². The minimum Gasteiger partial charge on any atom is -0.496 e. The van der Waals surface area contributed by atoms with E-state index in [2.05, 4.69) is 5.32 Å². The van der Waals surface area contributed by atoms with Crippen LogP contribution in [0.4, 0.5) is 5.69 Å². The highest BCUT2D eigenvalue weighted by molar-refractivity contribution is 5.93. The average molecular weight is 313 g/mol. The smallest absolute Gasteiger partial charge is 0.228 e. The van der Waals surface area contributed by atoms with Crippen LogP contribution in [0.5, 0.6) is 11.5 Å². The minimum atomic E-state index is -0.0747. The Morgan fingerprint density at radius 2 is 1.87 bits per heavy atom. The number of rotatable bonds is 6. The summed E-state index contributed by atoms with van der Waals surface area (Å²) in [4.78, 5) is 12.3. The van der Waals surface area contributed by atoms with Crippen LogP contribution in [0, 0.1) is 6.92 Å². The zero-order chi connectivity index (χ0) is 16.8. The zero-order valence-corrected chi connectivity index (χ0v) is 14.1. The van der Waals surface area contributed by atoms with Crippen LogP contribution in [0.3, 0.4) is 0 Å². The number of carbonyl (C=O) groups excluding carboxylic acids is 1. The molecule has 0 unspecified atom stereocenters. The lowest BCUT2D eigenvalue weighted by Gasteiger charge is -2.15. The molecule has 122 valence electrons. The van der Waals surface area contributed by atoms with Crippen LogP contribution in [0.2, 0.25) is 0 Å². The number of anilines is 1. The highest BCUT2D eigenvalue weighted by Crippen LogP contribution is 2.25. The molecule has 0 aliphatic carbocycles. The Morgan fingerprint density at radius 1 is 1.13 bits per heavy atom. The van der Waals surface area contributed by atoms with E-state index in [0.29, 0.717) is 17.9 Å². The largest absolute Gasteiger partial charge is 0.496 e. The third-order valence-corrected chi connectivity index (χ3v) is 3.35. The van der Waals surface area contributed by atoms with Gasteiger partial charge in [0.05, 0.1) is 25.3 Å². The van der Waals surface area contributed by atoms with Gasteiger partial charge >= 0.3 is 0 Å². The van der Waals surface area contributed by atoms with E-state index in [1.165, 1.54) is 0 Å². The second-order valence-electron chi connectivity index (χ2n) is 5.69. The minimum absolute atomic E-state index is 0.0530. The van der Waals surface area contributed by atoms with Gasteiger partial charge in [-0.3, -0.25) is 4.79 Å². The number of nitrogens with one attached hydrogen (secondary N) is 1. The van der Waals surface area contributed by atoms with E-state index in [4.69, 9.17) is 9.47 Å². The lowest BCUT2D eigenvalue weighted by Crippen LogP contribution is -2.16. The van der Waals surface area contributed by atoms with Gasteiger partial charge in [0.25, 0.3) is 0 Å². The standard InChI is InChI=1S/C19H23NO3/c1-13(2)23-18-8-6-5-7-16(18)20-19(21)12-15-9-10-17(22-4)14(3)11-15/h5-11,13H,12H2,1-4H3,(H,20,21). The van der Waals surface area contributed by atoms with E-state index in [-0.39, 0.29) is 12.0 Å². The van der Waals surface area contributed by atoms with Crippen LogP contribution < -0.4 is 14.8 Å². The zero-order valence-electron chi connectivity index (χ0n) is 14.1. The van der Waals surface area contributed by atoms with Gasteiger partial charge in [0, 0.05) is 0 Å². The molecule has 23 heavy (non-hydrogen) atoms. The molecule has 4 nitrogen and oxygen atoms in total. The number of para-hydroxylation sites is 2. The van der Waals surface area contributed by atoms with Gasteiger partial charge in [-0.05, 0) is 50.1 Å². The molecular formula is C19H23NO3. The molecule has 0 saturated heterocycles. The molecule has 0 saturated carbocycles. The number of benzene rings is 2. The lowest BCUT2D eigenvalue weighted by atomic mass is 10.1. The van der Waals surface area contributed by atoms with Gasteiger partial charge in [0.2, 0.25) is 5.91 Å². The third kappa shape index (κ3) is 4.74. The molecule has 0 atom stereocenters. The first-order chi connectivity index (χ1) is 11.0. The van der Waals surface area contributed by atoms with Gasteiger partial charge < -0.3 is 14.8 Å². The van der Waals surface area contributed by atoms with Gasteiger partial charge in [-0.2, -0.15) is 0 Å². The van der Waals surface area contributed by atoms with Gasteiger partial charge in [0.1, 0.15) is 11.5 Å². The van der Waals surface area contributed by atoms with E-state index >= 15 is 0 Å². The summed E-state index contributed by atoms with van der Waals surface area (Å²) in [7, 11) is 1.64. The summed E-state index contributed by atoms with van der Waals surface area (Å²) >= 11 is 0. The fourth-order valence-electron chi connectivity index (χ4n) is 2.36. The van der Waals surface area contributed by atoms with Crippen LogP contribution in [0.1, 0.15) is 25.0 Å². The topological polar surface area (TPSA) is 47.6 Å². The number of carbonyl (C=O) groups is 1. The monoisotopic (exact) mass is 313 g/mol. The van der Waals surface area contributed by atoms with Crippen LogP contribution in [0.25, 0.3) is 0 Å². The first kappa shape index (κ1) is 16.9. The molecule has 0 aliphatic heterocycles. The summed E-state index contributed by atoms with van der Waals surface area (Å²) in [5.74, 6) is 1.43. The fourth-order valence-corrected chi connectivity index (χ4v) is 2.36. The van der Waals surface area contributed by atoms with Crippen molar-refractivity contribution in [1.29, 1.82) is 0 Å². The third-order valence-electron chi connectivity index (χ3n) is 3.35. The van der Waals surface area contributed by atoms with Gasteiger partial charge in [-0.25, -0.2) is 0 Å². The number of aryl methyl sites for hydroxylation is 1. The van der Waals surface area contributed by atoms with Crippen LogP contribution in [-0.4, -0.2) is 19.1 Å². The van der Waals surface area contributed by atoms with E-state index in [1.807, 2.05) is 63.2 Å². The molecule has 0 aliphatic rings. The van der Waals surface area contributed by atoms with Crippen molar-refractivity contribution in [2.24, 2.45) is 0 Å². The van der Waals surface area contributed by atoms with Crippen molar-refractivity contribution < 1.29 is 14.3 Å². The molecule has 0 heterocycles. The van der Waals surface area contributed by atoms with Crippen molar-refractivity contribution in [2.75, 3.05) is 12.4 Å². The molecule has 4 heteroatoms. The summed E-state index contributed by atoms with van der Waals surface area (Å²) in [5, 5.41) is 2.92. The Balaban J connectivity index is 2.07. The van der Waals surface area contributed by atoms with Crippen molar-refractivity contribution in [3.05, 3.63) is 53.6 Å². The molecule has 2 aromatic carbocycles. The predicted molar refractivity (Wildman–Crippen MR) is 92.3 cm³/mol. The van der Waals surface area contributed by atoms with Gasteiger partial charge in [-0.15, -0.1) is 0 Å². The number of hydrogen-bond acceptors (Lipinski definition) is 3. The second-order valence-corrected chi connectivity index (χ2v) is 5.69. The maximum Gasteiger partial charge on any atom is 0.228 e. The SMILES string of the molecule is COc1ccc(CC(=O)Nc2ccccc2OC(C)C)cc1C. The van der Waals surface area contributed by atoms with E-state index in [9.17, 15) is 4.79 Å². The Bertz CT molecular complexity index is 680. The highest BCUT2D eigenvalue weighted by atomic mass is 16.5. The average Bonchev–Trinajstić information content (AvgIpc) is 2.49.